The second-order valence-electron chi connectivity index (χ2n) is 3.96. The molecule has 5 heteroatoms. The number of ether oxygens (including phenoxy) is 1. The Morgan fingerprint density at radius 2 is 2.00 bits per heavy atom. The molecular weight excluding hydrogens is 266 g/mol. The number of benzene rings is 1. The Hall–Kier alpha value is -1.78. The highest BCUT2D eigenvalue weighted by Gasteiger charge is 2.15. The van der Waals surface area contributed by atoms with Crippen LogP contribution in [0.5, 0.6) is 0 Å². The normalized spacial score (nSPS) is 10.4. The van der Waals surface area contributed by atoms with Crippen LogP contribution in [0.15, 0.2) is 41.0 Å². The van der Waals surface area contributed by atoms with E-state index in [4.69, 9.17) is 16.0 Å². The van der Waals surface area contributed by atoms with Crippen LogP contribution >= 0.6 is 11.6 Å². The minimum Gasteiger partial charge on any atom is -0.463 e. The van der Waals surface area contributed by atoms with E-state index in [1.807, 2.05) is 24.3 Å². The first-order valence-electron chi connectivity index (χ1n) is 5.81. The lowest BCUT2D eigenvalue weighted by Crippen LogP contribution is -2.15. The summed E-state index contributed by atoms with van der Waals surface area (Å²) < 4.78 is 9.74. The quantitative estimate of drug-likeness (QED) is 0.855. The Kier molecular flexibility index (Phi) is 4.60. The van der Waals surface area contributed by atoms with E-state index < -0.39 is 5.97 Å². The van der Waals surface area contributed by atoms with E-state index >= 15 is 0 Å². The van der Waals surface area contributed by atoms with Crippen LogP contribution in [0.1, 0.15) is 21.7 Å². The van der Waals surface area contributed by atoms with Crippen molar-refractivity contribution in [2.24, 2.45) is 0 Å². The summed E-state index contributed by atoms with van der Waals surface area (Å²) in [5.74, 6) is -0.242. The van der Waals surface area contributed by atoms with Gasteiger partial charge in [0.05, 0.1) is 13.4 Å². The van der Waals surface area contributed by atoms with Gasteiger partial charge in [-0.3, -0.25) is 0 Å². The smallest absolute Gasteiger partial charge is 0.374 e. The zero-order valence-electron chi connectivity index (χ0n) is 10.5. The van der Waals surface area contributed by atoms with Crippen molar-refractivity contribution in [2.45, 2.75) is 13.1 Å². The maximum atomic E-state index is 11.4. The van der Waals surface area contributed by atoms with Gasteiger partial charge in [-0.15, -0.1) is 0 Å². The molecule has 0 saturated heterocycles. The molecule has 2 rings (SSSR count). The number of halogens is 1. The Morgan fingerprint density at radius 1 is 1.26 bits per heavy atom. The van der Waals surface area contributed by atoms with Crippen molar-refractivity contribution in [3.63, 3.8) is 0 Å². The Morgan fingerprint density at radius 3 is 2.74 bits per heavy atom. The largest absolute Gasteiger partial charge is 0.463 e. The highest BCUT2D eigenvalue weighted by Crippen LogP contribution is 2.15. The lowest BCUT2D eigenvalue weighted by atomic mass is 10.2. The predicted molar refractivity (Wildman–Crippen MR) is 72.0 cm³/mol. The van der Waals surface area contributed by atoms with Crippen molar-refractivity contribution in [3.05, 3.63) is 58.5 Å². The molecule has 0 atom stereocenters. The van der Waals surface area contributed by atoms with Crippen LogP contribution in [0.4, 0.5) is 0 Å². The Balaban J connectivity index is 1.95. The SMILES string of the molecule is COC(=O)c1occc1CNCc1ccccc1Cl. The monoisotopic (exact) mass is 279 g/mol. The summed E-state index contributed by atoms with van der Waals surface area (Å²) in [5.41, 5.74) is 1.77. The maximum absolute atomic E-state index is 11.4. The number of carbonyl (C=O) groups excluding carboxylic acids is 1. The average Bonchev–Trinajstić information content (AvgIpc) is 2.88. The van der Waals surface area contributed by atoms with Gasteiger partial charge in [-0.25, -0.2) is 4.79 Å². The van der Waals surface area contributed by atoms with E-state index in [0.29, 0.717) is 13.1 Å². The number of methoxy groups -OCH3 is 1. The van der Waals surface area contributed by atoms with Gasteiger partial charge < -0.3 is 14.5 Å². The average molecular weight is 280 g/mol. The van der Waals surface area contributed by atoms with Gasteiger partial charge in [-0.05, 0) is 17.7 Å². The molecule has 0 unspecified atom stereocenters. The molecule has 0 fully saturated rings. The number of esters is 1. The van der Waals surface area contributed by atoms with E-state index in [1.165, 1.54) is 13.4 Å². The van der Waals surface area contributed by atoms with Crippen LogP contribution in [0, 0.1) is 0 Å². The Bertz CT molecular complexity index is 565. The van der Waals surface area contributed by atoms with Crippen LogP contribution in [0.25, 0.3) is 0 Å². The zero-order chi connectivity index (χ0) is 13.7. The molecule has 1 N–H and O–H groups in total. The van der Waals surface area contributed by atoms with E-state index in [1.54, 1.807) is 6.07 Å². The van der Waals surface area contributed by atoms with Crippen molar-refractivity contribution >= 4 is 17.6 Å². The van der Waals surface area contributed by atoms with Gasteiger partial charge in [0.1, 0.15) is 0 Å². The molecular formula is C14H14ClNO3. The molecule has 2 aromatic rings. The minimum atomic E-state index is -0.473. The summed E-state index contributed by atoms with van der Waals surface area (Å²) >= 11 is 6.06. The van der Waals surface area contributed by atoms with E-state index in [2.05, 4.69) is 10.1 Å². The van der Waals surface area contributed by atoms with E-state index in [0.717, 1.165) is 16.1 Å². The van der Waals surface area contributed by atoms with Crippen molar-refractivity contribution < 1.29 is 13.9 Å². The van der Waals surface area contributed by atoms with Crippen molar-refractivity contribution in [3.8, 4) is 0 Å². The van der Waals surface area contributed by atoms with Gasteiger partial charge in [-0.1, -0.05) is 29.8 Å². The molecule has 0 radical (unpaired) electrons. The molecule has 0 amide bonds. The summed E-state index contributed by atoms with van der Waals surface area (Å²) in [7, 11) is 1.33. The molecule has 0 spiro atoms. The molecule has 0 bridgehead atoms. The molecule has 0 aliphatic heterocycles. The van der Waals surface area contributed by atoms with Crippen molar-refractivity contribution in [1.82, 2.24) is 5.32 Å². The standard InChI is InChI=1S/C14H14ClNO3/c1-18-14(17)13-11(6-7-19-13)9-16-8-10-4-2-3-5-12(10)15/h2-7,16H,8-9H2,1H3. The molecule has 0 saturated carbocycles. The fourth-order valence-corrected chi connectivity index (χ4v) is 1.92. The van der Waals surface area contributed by atoms with Crippen molar-refractivity contribution in [2.75, 3.05) is 7.11 Å². The van der Waals surface area contributed by atoms with Crippen LogP contribution in [-0.2, 0) is 17.8 Å². The first kappa shape index (κ1) is 13.6. The Labute approximate surface area is 116 Å². The molecule has 0 aliphatic carbocycles. The molecule has 1 aromatic heterocycles. The van der Waals surface area contributed by atoms with Gasteiger partial charge in [-0.2, -0.15) is 0 Å². The van der Waals surface area contributed by atoms with Gasteiger partial charge in [0, 0.05) is 23.7 Å². The molecule has 4 nitrogen and oxygen atoms in total. The number of carbonyl (C=O) groups is 1. The molecule has 1 aromatic carbocycles. The molecule has 19 heavy (non-hydrogen) atoms. The highest BCUT2D eigenvalue weighted by atomic mass is 35.5. The highest BCUT2D eigenvalue weighted by molar-refractivity contribution is 6.31. The number of furan rings is 1. The minimum absolute atomic E-state index is 0.231. The third kappa shape index (κ3) is 3.36. The van der Waals surface area contributed by atoms with Gasteiger partial charge in [0.2, 0.25) is 5.76 Å². The summed E-state index contributed by atoms with van der Waals surface area (Å²) in [4.78, 5) is 11.4. The van der Waals surface area contributed by atoms with Crippen LogP contribution < -0.4 is 5.32 Å². The summed E-state index contributed by atoms with van der Waals surface area (Å²) in [6, 6.07) is 9.35. The van der Waals surface area contributed by atoms with Gasteiger partial charge in [0.15, 0.2) is 0 Å². The van der Waals surface area contributed by atoms with Gasteiger partial charge >= 0.3 is 5.97 Å². The second-order valence-corrected chi connectivity index (χ2v) is 4.37. The van der Waals surface area contributed by atoms with Gasteiger partial charge in [0.25, 0.3) is 0 Å². The molecule has 1 heterocycles. The van der Waals surface area contributed by atoms with E-state index in [9.17, 15) is 4.79 Å². The third-order valence-corrected chi connectivity index (χ3v) is 3.08. The van der Waals surface area contributed by atoms with Crippen molar-refractivity contribution in [1.29, 1.82) is 0 Å². The fourth-order valence-electron chi connectivity index (χ4n) is 1.72. The van der Waals surface area contributed by atoms with Crippen LogP contribution in [0.2, 0.25) is 5.02 Å². The number of hydrogen-bond donors (Lipinski definition) is 1. The number of hydrogen-bond acceptors (Lipinski definition) is 4. The first-order chi connectivity index (χ1) is 9.22. The first-order valence-corrected chi connectivity index (χ1v) is 6.19. The number of nitrogens with one attached hydrogen (secondary N) is 1. The summed E-state index contributed by atoms with van der Waals surface area (Å²) in [6.07, 6.45) is 1.47. The second kappa shape index (κ2) is 6.41. The van der Waals surface area contributed by atoms with Crippen LogP contribution in [0.3, 0.4) is 0 Å². The lowest BCUT2D eigenvalue weighted by molar-refractivity contribution is 0.0563. The third-order valence-electron chi connectivity index (χ3n) is 2.71. The molecule has 0 aliphatic rings. The topological polar surface area (TPSA) is 51.5 Å². The fraction of sp³-hybridized carbons (Fsp3) is 0.214. The summed E-state index contributed by atoms with van der Waals surface area (Å²) in [5, 5.41) is 3.93. The summed E-state index contributed by atoms with van der Waals surface area (Å²) in [6.45, 7) is 1.12. The predicted octanol–water partition coefficient (Wildman–Crippen LogP) is 3.01. The number of rotatable bonds is 5. The van der Waals surface area contributed by atoms with E-state index in [-0.39, 0.29) is 5.76 Å². The lowest BCUT2D eigenvalue weighted by Gasteiger charge is -2.06. The zero-order valence-corrected chi connectivity index (χ0v) is 11.2. The maximum Gasteiger partial charge on any atom is 0.374 e. The van der Waals surface area contributed by atoms with Crippen LogP contribution in [-0.4, -0.2) is 13.1 Å². The molecule has 100 valence electrons.